The van der Waals surface area contributed by atoms with Crippen LogP contribution in [0.25, 0.3) is 6.08 Å². The molecule has 4 rings (SSSR count). The number of carbonyl (C=O) groups is 2. The van der Waals surface area contributed by atoms with Crippen LogP contribution in [0.3, 0.4) is 0 Å². The molecular formula is C27H27N3O4S. The van der Waals surface area contributed by atoms with E-state index in [-0.39, 0.29) is 29.7 Å². The Morgan fingerprint density at radius 3 is 2.29 bits per heavy atom. The van der Waals surface area contributed by atoms with Gasteiger partial charge in [-0.1, -0.05) is 54.6 Å². The zero-order valence-electron chi connectivity index (χ0n) is 19.6. The van der Waals surface area contributed by atoms with E-state index in [1.54, 1.807) is 23.2 Å². The Morgan fingerprint density at radius 2 is 1.60 bits per heavy atom. The van der Waals surface area contributed by atoms with Gasteiger partial charge in [-0.15, -0.1) is 0 Å². The van der Waals surface area contributed by atoms with Crippen LogP contribution in [-0.4, -0.2) is 36.5 Å². The first-order valence-electron chi connectivity index (χ1n) is 11.2. The Morgan fingerprint density at radius 1 is 0.943 bits per heavy atom. The van der Waals surface area contributed by atoms with Crippen molar-refractivity contribution >= 4 is 33.6 Å². The number of amides is 2. The molecule has 0 spiro atoms. The van der Waals surface area contributed by atoms with E-state index in [4.69, 9.17) is 0 Å². The molecule has 0 bridgehead atoms. The average molecular weight is 490 g/mol. The van der Waals surface area contributed by atoms with Crippen molar-refractivity contribution in [1.29, 1.82) is 0 Å². The fourth-order valence-corrected chi connectivity index (χ4v) is 5.28. The molecule has 1 heterocycles. The smallest absolute Gasteiger partial charge is 0.243 e. The Balaban J connectivity index is 1.44. The predicted molar refractivity (Wildman–Crippen MR) is 136 cm³/mol. The highest BCUT2D eigenvalue weighted by Gasteiger charge is 2.28. The first-order valence-corrected chi connectivity index (χ1v) is 12.7. The molecule has 0 aliphatic carbocycles. The van der Waals surface area contributed by atoms with Crippen molar-refractivity contribution in [3.63, 3.8) is 0 Å². The Hall–Kier alpha value is -3.75. The van der Waals surface area contributed by atoms with Gasteiger partial charge in [0.25, 0.3) is 0 Å². The predicted octanol–water partition coefficient (Wildman–Crippen LogP) is 4.41. The molecule has 35 heavy (non-hydrogen) atoms. The van der Waals surface area contributed by atoms with E-state index in [0.717, 1.165) is 16.7 Å². The fourth-order valence-electron chi connectivity index (χ4n) is 4.12. The fraction of sp³-hybridized carbons (Fsp3) is 0.185. The Bertz CT molecular complexity index is 1350. The van der Waals surface area contributed by atoms with Crippen molar-refractivity contribution < 1.29 is 18.0 Å². The summed E-state index contributed by atoms with van der Waals surface area (Å²) in [5.74, 6) is -0.425. The molecule has 1 N–H and O–H groups in total. The molecule has 1 aliphatic rings. The minimum absolute atomic E-state index is 0.0702. The van der Waals surface area contributed by atoms with Crippen LogP contribution in [0.15, 0.2) is 90.0 Å². The SMILES string of the molecule is CC(=O)N1C=Cc2ccccc2[C@@H]1CC(=O)Nc1ccc(S(=O)(=O)N(C)Cc2ccccc2)cc1. The number of nitrogens with one attached hydrogen (secondary N) is 1. The van der Waals surface area contributed by atoms with E-state index in [2.05, 4.69) is 5.32 Å². The van der Waals surface area contributed by atoms with Gasteiger partial charge in [0.15, 0.2) is 0 Å². The van der Waals surface area contributed by atoms with Gasteiger partial charge in [-0.3, -0.25) is 9.59 Å². The van der Waals surface area contributed by atoms with Crippen molar-refractivity contribution in [3.05, 3.63) is 102 Å². The quantitative estimate of drug-likeness (QED) is 0.533. The van der Waals surface area contributed by atoms with Gasteiger partial charge in [-0.25, -0.2) is 8.42 Å². The minimum atomic E-state index is -3.69. The molecule has 0 saturated carbocycles. The van der Waals surface area contributed by atoms with Crippen LogP contribution in [0, 0.1) is 0 Å². The molecule has 1 atom stereocenters. The monoisotopic (exact) mass is 489 g/mol. The number of sulfonamides is 1. The number of hydrogen-bond donors (Lipinski definition) is 1. The summed E-state index contributed by atoms with van der Waals surface area (Å²) in [6.07, 6.45) is 3.63. The number of carbonyl (C=O) groups excluding carboxylic acids is 2. The highest BCUT2D eigenvalue weighted by molar-refractivity contribution is 7.89. The second kappa shape index (κ2) is 10.2. The van der Waals surface area contributed by atoms with E-state index >= 15 is 0 Å². The summed E-state index contributed by atoms with van der Waals surface area (Å²) in [5, 5.41) is 2.82. The lowest BCUT2D eigenvalue weighted by Gasteiger charge is -2.32. The molecule has 2 amide bonds. The molecule has 3 aromatic rings. The van der Waals surface area contributed by atoms with Gasteiger partial charge in [0, 0.05) is 32.4 Å². The normalized spacial score (nSPS) is 15.1. The van der Waals surface area contributed by atoms with Gasteiger partial charge in [0.2, 0.25) is 21.8 Å². The van der Waals surface area contributed by atoms with Crippen molar-refractivity contribution in [2.24, 2.45) is 0 Å². The van der Waals surface area contributed by atoms with Crippen LogP contribution in [0.1, 0.15) is 36.1 Å². The van der Waals surface area contributed by atoms with Crippen LogP contribution in [0.4, 0.5) is 5.69 Å². The highest BCUT2D eigenvalue weighted by Crippen LogP contribution is 2.33. The van der Waals surface area contributed by atoms with Gasteiger partial charge in [0.05, 0.1) is 17.4 Å². The van der Waals surface area contributed by atoms with Crippen LogP contribution in [-0.2, 0) is 26.2 Å². The maximum Gasteiger partial charge on any atom is 0.243 e. The summed E-state index contributed by atoms with van der Waals surface area (Å²) in [6, 6.07) is 22.7. The van der Waals surface area contributed by atoms with Crippen LogP contribution in [0.2, 0.25) is 0 Å². The largest absolute Gasteiger partial charge is 0.326 e. The summed E-state index contributed by atoms with van der Waals surface area (Å²) in [6.45, 7) is 1.72. The summed E-state index contributed by atoms with van der Waals surface area (Å²) in [7, 11) is -2.15. The molecule has 3 aromatic carbocycles. The molecule has 0 fully saturated rings. The first-order chi connectivity index (χ1) is 16.8. The average Bonchev–Trinajstić information content (AvgIpc) is 2.85. The number of anilines is 1. The third-order valence-corrected chi connectivity index (χ3v) is 7.76. The summed E-state index contributed by atoms with van der Waals surface area (Å²) in [5.41, 5.74) is 3.25. The number of benzene rings is 3. The van der Waals surface area contributed by atoms with E-state index in [1.807, 2.05) is 60.7 Å². The van der Waals surface area contributed by atoms with Gasteiger partial charge in [0.1, 0.15) is 0 Å². The van der Waals surface area contributed by atoms with Crippen molar-refractivity contribution in [2.75, 3.05) is 12.4 Å². The second-order valence-electron chi connectivity index (χ2n) is 8.41. The summed E-state index contributed by atoms with van der Waals surface area (Å²) < 4.78 is 27.2. The van der Waals surface area contributed by atoms with Crippen LogP contribution < -0.4 is 5.32 Å². The number of fused-ring (bicyclic) bond motifs is 1. The van der Waals surface area contributed by atoms with Gasteiger partial charge in [-0.2, -0.15) is 4.31 Å². The molecule has 8 heteroatoms. The third kappa shape index (κ3) is 5.50. The third-order valence-electron chi connectivity index (χ3n) is 5.94. The van der Waals surface area contributed by atoms with E-state index in [0.29, 0.717) is 5.69 Å². The van der Waals surface area contributed by atoms with Crippen molar-refractivity contribution in [2.45, 2.75) is 30.8 Å². The Kier molecular flexibility index (Phi) is 7.14. The maximum absolute atomic E-state index is 12.9. The Labute approximate surface area is 205 Å². The minimum Gasteiger partial charge on any atom is -0.326 e. The molecule has 1 aliphatic heterocycles. The molecule has 0 saturated heterocycles. The lowest BCUT2D eigenvalue weighted by molar-refractivity contribution is -0.129. The van der Waals surface area contributed by atoms with Crippen molar-refractivity contribution in [3.8, 4) is 0 Å². The highest BCUT2D eigenvalue weighted by atomic mass is 32.2. The number of nitrogens with zero attached hydrogens (tertiary/aromatic N) is 2. The van der Waals surface area contributed by atoms with Gasteiger partial charge in [-0.05, 0) is 47.0 Å². The van der Waals surface area contributed by atoms with E-state index in [9.17, 15) is 18.0 Å². The lowest BCUT2D eigenvalue weighted by Crippen LogP contribution is -2.33. The van der Waals surface area contributed by atoms with Crippen LogP contribution in [0.5, 0.6) is 0 Å². The number of hydrogen-bond acceptors (Lipinski definition) is 4. The zero-order chi connectivity index (χ0) is 25.0. The molecule has 0 unspecified atom stereocenters. The van der Waals surface area contributed by atoms with Crippen LogP contribution >= 0.6 is 0 Å². The van der Waals surface area contributed by atoms with E-state index in [1.165, 1.54) is 30.4 Å². The van der Waals surface area contributed by atoms with Crippen molar-refractivity contribution in [1.82, 2.24) is 9.21 Å². The zero-order valence-corrected chi connectivity index (χ0v) is 20.4. The lowest BCUT2D eigenvalue weighted by atomic mass is 9.93. The molecule has 0 radical (unpaired) electrons. The second-order valence-corrected chi connectivity index (χ2v) is 10.5. The van der Waals surface area contributed by atoms with E-state index < -0.39 is 16.1 Å². The molecule has 7 nitrogen and oxygen atoms in total. The number of rotatable bonds is 7. The maximum atomic E-state index is 12.9. The summed E-state index contributed by atoms with van der Waals surface area (Å²) in [4.78, 5) is 26.7. The van der Waals surface area contributed by atoms with Gasteiger partial charge >= 0.3 is 0 Å². The molecular weight excluding hydrogens is 462 g/mol. The molecule has 180 valence electrons. The molecule has 0 aromatic heterocycles. The topological polar surface area (TPSA) is 86.8 Å². The van der Waals surface area contributed by atoms with Gasteiger partial charge < -0.3 is 10.2 Å². The first kappa shape index (κ1) is 24.4. The standard InChI is InChI=1S/C27H27N3O4S/c1-20(31)30-17-16-22-10-6-7-11-25(22)26(30)18-27(32)28-23-12-14-24(15-13-23)35(33,34)29(2)19-21-8-4-3-5-9-21/h3-17,26H,18-19H2,1-2H3,(H,28,32)/t26-/m0/s1. The summed E-state index contributed by atoms with van der Waals surface area (Å²) >= 11 is 0.